The topological polar surface area (TPSA) is 20.2 Å². The van der Waals surface area contributed by atoms with Gasteiger partial charge in [0.25, 0.3) is 0 Å². The molecule has 0 aliphatic carbocycles. The molecule has 0 aliphatic rings. The highest BCUT2D eigenvalue weighted by Crippen LogP contribution is 2.25. The number of rotatable bonds is 3. The van der Waals surface area contributed by atoms with Crippen molar-refractivity contribution in [2.24, 2.45) is 0 Å². The van der Waals surface area contributed by atoms with Gasteiger partial charge in [0, 0.05) is 5.02 Å². The molecule has 1 aromatic rings. The minimum atomic E-state index is -0.413. The van der Waals surface area contributed by atoms with E-state index in [1.54, 1.807) is 6.07 Å². The SMILES string of the molecule is CCC[C@H](O)c1ccccc1Cl. The third-order valence-electron chi connectivity index (χ3n) is 1.83. The van der Waals surface area contributed by atoms with Crippen LogP contribution >= 0.6 is 11.6 Å². The number of hydrogen-bond donors (Lipinski definition) is 1. The van der Waals surface area contributed by atoms with Crippen LogP contribution in [-0.4, -0.2) is 5.11 Å². The van der Waals surface area contributed by atoms with Crippen LogP contribution < -0.4 is 0 Å². The van der Waals surface area contributed by atoms with Gasteiger partial charge in [-0.15, -0.1) is 0 Å². The Labute approximate surface area is 78.0 Å². The van der Waals surface area contributed by atoms with Crippen LogP contribution in [0.4, 0.5) is 0 Å². The van der Waals surface area contributed by atoms with Crippen LogP contribution in [0.25, 0.3) is 0 Å². The van der Waals surface area contributed by atoms with Gasteiger partial charge in [0.2, 0.25) is 0 Å². The van der Waals surface area contributed by atoms with Crippen LogP contribution in [0.3, 0.4) is 0 Å². The predicted octanol–water partition coefficient (Wildman–Crippen LogP) is 3.17. The molecule has 0 saturated carbocycles. The summed E-state index contributed by atoms with van der Waals surface area (Å²) in [5.74, 6) is 0. The average Bonchev–Trinajstić information content (AvgIpc) is 2.05. The van der Waals surface area contributed by atoms with Crippen molar-refractivity contribution in [3.05, 3.63) is 34.9 Å². The van der Waals surface area contributed by atoms with Crippen LogP contribution in [0.2, 0.25) is 5.02 Å². The molecule has 0 saturated heterocycles. The van der Waals surface area contributed by atoms with Gasteiger partial charge in [0.15, 0.2) is 0 Å². The summed E-state index contributed by atoms with van der Waals surface area (Å²) in [6.45, 7) is 2.04. The summed E-state index contributed by atoms with van der Waals surface area (Å²) >= 11 is 5.89. The standard InChI is InChI=1S/C10H13ClO/c1-2-5-10(12)8-6-3-4-7-9(8)11/h3-4,6-7,10,12H,2,5H2,1H3/t10-/m0/s1. The lowest BCUT2D eigenvalue weighted by Crippen LogP contribution is -1.96. The molecule has 0 heterocycles. The Morgan fingerprint density at radius 3 is 2.67 bits per heavy atom. The highest BCUT2D eigenvalue weighted by Gasteiger charge is 2.08. The maximum Gasteiger partial charge on any atom is 0.0804 e. The van der Waals surface area contributed by atoms with Gasteiger partial charge in [0.05, 0.1) is 6.10 Å². The van der Waals surface area contributed by atoms with Gasteiger partial charge in [-0.2, -0.15) is 0 Å². The van der Waals surface area contributed by atoms with Crippen molar-refractivity contribution in [2.45, 2.75) is 25.9 Å². The Morgan fingerprint density at radius 2 is 2.08 bits per heavy atom. The van der Waals surface area contributed by atoms with E-state index in [4.69, 9.17) is 11.6 Å². The van der Waals surface area contributed by atoms with Crippen LogP contribution in [0.5, 0.6) is 0 Å². The summed E-state index contributed by atoms with van der Waals surface area (Å²) in [7, 11) is 0. The molecule has 0 radical (unpaired) electrons. The minimum absolute atomic E-state index is 0.413. The zero-order valence-corrected chi connectivity index (χ0v) is 7.88. The molecular formula is C10H13ClO. The molecule has 1 atom stereocenters. The number of aliphatic hydroxyl groups is 1. The zero-order valence-electron chi connectivity index (χ0n) is 7.13. The maximum absolute atomic E-state index is 9.62. The molecule has 0 spiro atoms. The van der Waals surface area contributed by atoms with E-state index in [1.165, 1.54) is 0 Å². The predicted molar refractivity (Wildman–Crippen MR) is 51.3 cm³/mol. The van der Waals surface area contributed by atoms with Gasteiger partial charge in [-0.05, 0) is 18.1 Å². The second kappa shape index (κ2) is 4.48. The highest BCUT2D eigenvalue weighted by molar-refractivity contribution is 6.31. The van der Waals surface area contributed by atoms with Gasteiger partial charge < -0.3 is 5.11 Å². The van der Waals surface area contributed by atoms with E-state index in [-0.39, 0.29) is 0 Å². The molecule has 66 valence electrons. The van der Waals surface area contributed by atoms with Crippen molar-refractivity contribution >= 4 is 11.6 Å². The quantitative estimate of drug-likeness (QED) is 0.765. The first-order valence-corrected chi connectivity index (χ1v) is 4.56. The normalized spacial score (nSPS) is 12.9. The van der Waals surface area contributed by atoms with Crippen LogP contribution in [0.1, 0.15) is 31.4 Å². The Bertz CT molecular complexity index is 247. The van der Waals surface area contributed by atoms with Crippen molar-refractivity contribution in [3.8, 4) is 0 Å². The van der Waals surface area contributed by atoms with Gasteiger partial charge in [-0.3, -0.25) is 0 Å². The molecule has 12 heavy (non-hydrogen) atoms. The number of hydrogen-bond acceptors (Lipinski definition) is 1. The van der Waals surface area contributed by atoms with E-state index >= 15 is 0 Å². The maximum atomic E-state index is 9.62. The lowest BCUT2D eigenvalue weighted by atomic mass is 10.1. The third-order valence-corrected chi connectivity index (χ3v) is 2.17. The fourth-order valence-electron chi connectivity index (χ4n) is 1.17. The summed E-state index contributed by atoms with van der Waals surface area (Å²) in [5.41, 5.74) is 0.834. The van der Waals surface area contributed by atoms with Crippen molar-refractivity contribution in [3.63, 3.8) is 0 Å². The van der Waals surface area contributed by atoms with E-state index in [0.717, 1.165) is 18.4 Å². The fourth-order valence-corrected chi connectivity index (χ4v) is 1.44. The van der Waals surface area contributed by atoms with Crippen LogP contribution in [0.15, 0.2) is 24.3 Å². The van der Waals surface area contributed by atoms with Crippen molar-refractivity contribution < 1.29 is 5.11 Å². The van der Waals surface area contributed by atoms with E-state index in [2.05, 4.69) is 0 Å². The van der Waals surface area contributed by atoms with Gasteiger partial charge in [-0.1, -0.05) is 43.1 Å². The van der Waals surface area contributed by atoms with E-state index < -0.39 is 6.10 Å². The summed E-state index contributed by atoms with van der Waals surface area (Å²) in [6.07, 6.45) is 1.32. The molecule has 2 heteroatoms. The number of benzene rings is 1. The first-order chi connectivity index (χ1) is 5.75. The van der Waals surface area contributed by atoms with E-state index in [1.807, 2.05) is 25.1 Å². The Kier molecular flexibility index (Phi) is 3.57. The Balaban J connectivity index is 2.79. The molecule has 0 fully saturated rings. The van der Waals surface area contributed by atoms with E-state index in [0.29, 0.717) is 5.02 Å². The van der Waals surface area contributed by atoms with Crippen LogP contribution in [-0.2, 0) is 0 Å². The van der Waals surface area contributed by atoms with Gasteiger partial charge in [-0.25, -0.2) is 0 Å². The third kappa shape index (κ3) is 2.23. The molecule has 0 bridgehead atoms. The Morgan fingerprint density at radius 1 is 1.42 bits per heavy atom. The lowest BCUT2D eigenvalue weighted by Gasteiger charge is -2.10. The second-order valence-electron chi connectivity index (χ2n) is 2.83. The van der Waals surface area contributed by atoms with Crippen molar-refractivity contribution in [1.29, 1.82) is 0 Å². The fraction of sp³-hybridized carbons (Fsp3) is 0.400. The molecule has 1 rings (SSSR count). The zero-order chi connectivity index (χ0) is 8.97. The first kappa shape index (κ1) is 9.56. The Hall–Kier alpha value is -0.530. The van der Waals surface area contributed by atoms with Crippen LogP contribution in [0, 0.1) is 0 Å². The summed E-state index contributed by atoms with van der Waals surface area (Å²) in [4.78, 5) is 0. The molecule has 1 nitrogen and oxygen atoms in total. The van der Waals surface area contributed by atoms with Crippen molar-refractivity contribution in [1.82, 2.24) is 0 Å². The molecule has 0 aromatic heterocycles. The van der Waals surface area contributed by atoms with Crippen molar-refractivity contribution in [2.75, 3.05) is 0 Å². The lowest BCUT2D eigenvalue weighted by molar-refractivity contribution is 0.166. The smallest absolute Gasteiger partial charge is 0.0804 e. The molecule has 1 aromatic carbocycles. The first-order valence-electron chi connectivity index (χ1n) is 4.18. The largest absolute Gasteiger partial charge is 0.388 e. The molecular weight excluding hydrogens is 172 g/mol. The molecule has 0 aliphatic heterocycles. The van der Waals surface area contributed by atoms with E-state index in [9.17, 15) is 5.11 Å². The number of halogens is 1. The molecule has 0 unspecified atom stereocenters. The monoisotopic (exact) mass is 184 g/mol. The summed E-state index contributed by atoms with van der Waals surface area (Å²) in [5, 5.41) is 10.3. The molecule has 1 N–H and O–H groups in total. The number of aliphatic hydroxyl groups excluding tert-OH is 1. The highest BCUT2D eigenvalue weighted by atomic mass is 35.5. The second-order valence-corrected chi connectivity index (χ2v) is 3.23. The van der Waals surface area contributed by atoms with Gasteiger partial charge in [0.1, 0.15) is 0 Å². The molecule has 0 amide bonds. The minimum Gasteiger partial charge on any atom is -0.388 e. The summed E-state index contributed by atoms with van der Waals surface area (Å²) in [6, 6.07) is 7.42. The summed E-state index contributed by atoms with van der Waals surface area (Å²) < 4.78 is 0. The average molecular weight is 185 g/mol. The van der Waals surface area contributed by atoms with Gasteiger partial charge >= 0.3 is 0 Å².